The van der Waals surface area contributed by atoms with Crippen molar-refractivity contribution in [3.05, 3.63) is 42.1 Å². The molecule has 2 heterocycles. The van der Waals surface area contributed by atoms with E-state index in [9.17, 15) is 10.1 Å². The monoisotopic (exact) mass is 293 g/mol. The maximum atomic E-state index is 12.9. The maximum Gasteiger partial charge on any atom is 0.254 e. The number of amides is 1. The second-order valence-corrected chi connectivity index (χ2v) is 6.53. The zero-order chi connectivity index (χ0) is 15.7. The second-order valence-electron chi connectivity index (χ2n) is 6.53. The fraction of sp³-hybridized carbons (Fsp3) is 0.389. The van der Waals surface area contributed by atoms with Crippen molar-refractivity contribution < 1.29 is 4.79 Å². The molecule has 112 valence electrons. The second kappa shape index (κ2) is 5.42. The molecule has 0 N–H and O–H groups in total. The SMILES string of the molecule is CC1(C)CCCN(C(=O)c2ccc3ncccc3c2)[C@@H]1C#N. The highest BCUT2D eigenvalue weighted by Gasteiger charge is 2.40. The molecule has 4 nitrogen and oxygen atoms in total. The van der Waals surface area contributed by atoms with Crippen LogP contribution in [-0.4, -0.2) is 28.4 Å². The van der Waals surface area contributed by atoms with E-state index in [-0.39, 0.29) is 17.4 Å². The zero-order valence-electron chi connectivity index (χ0n) is 12.9. The summed E-state index contributed by atoms with van der Waals surface area (Å²) in [5.41, 5.74) is 1.33. The van der Waals surface area contributed by atoms with E-state index in [0.717, 1.165) is 23.7 Å². The Hall–Kier alpha value is -2.41. The molecule has 1 aliphatic rings. The van der Waals surface area contributed by atoms with Gasteiger partial charge >= 0.3 is 0 Å². The number of benzene rings is 1. The minimum absolute atomic E-state index is 0.0647. The first-order valence-electron chi connectivity index (χ1n) is 7.58. The van der Waals surface area contributed by atoms with Gasteiger partial charge in [-0.2, -0.15) is 5.26 Å². The van der Waals surface area contributed by atoms with Crippen molar-refractivity contribution in [1.29, 1.82) is 5.26 Å². The van der Waals surface area contributed by atoms with Crippen molar-refractivity contribution in [1.82, 2.24) is 9.88 Å². The van der Waals surface area contributed by atoms with Gasteiger partial charge in [-0.1, -0.05) is 19.9 Å². The van der Waals surface area contributed by atoms with Crippen LogP contribution in [0.25, 0.3) is 10.9 Å². The number of carbonyl (C=O) groups excluding carboxylic acids is 1. The van der Waals surface area contributed by atoms with Crippen LogP contribution in [0.15, 0.2) is 36.5 Å². The van der Waals surface area contributed by atoms with Crippen LogP contribution in [0.1, 0.15) is 37.0 Å². The largest absolute Gasteiger partial charge is 0.322 e. The zero-order valence-corrected chi connectivity index (χ0v) is 12.9. The molecule has 1 aliphatic heterocycles. The lowest BCUT2D eigenvalue weighted by Gasteiger charge is -2.42. The fourth-order valence-electron chi connectivity index (χ4n) is 3.23. The topological polar surface area (TPSA) is 57.0 Å². The molecule has 22 heavy (non-hydrogen) atoms. The minimum Gasteiger partial charge on any atom is -0.322 e. The molecule has 0 unspecified atom stereocenters. The Morgan fingerprint density at radius 2 is 2.23 bits per heavy atom. The van der Waals surface area contributed by atoms with Crippen molar-refractivity contribution in [3.63, 3.8) is 0 Å². The van der Waals surface area contributed by atoms with E-state index < -0.39 is 0 Å². The molecule has 4 heteroatoms. The van der Waals surface area contributed by atoms with Gasteiger partial charge in [0.2, 0.25) is 0 Å². The predicted molar refractivity (Wildman–Crippen MR) is 85.2 cm³/mol. The quantitative estimate of drug-likeness (QED) is 0.809. The summed E-state index contributed by atoms with van der Waals surface area (Å²) in [7, 11) is 0. The summed E-state index contributed by atoms with van der Waals surface area (Å²) in [6.45, 7) is 4.76. The Balaban J connectivity index is 1.96. The third kappa shape index (κ3) is 2.43. The van der Waals surface area contributed by atoms with Crippen LogP contribution in [0.2, 0.25) is 0 Å². The Bertz CT molecular complexity index is 760. The van der Waals surface area contributed by atoms with Crippen molar-refractivity contribution in [2.24, 2.45) is 5.41 Å². The molecule has 1 fully saturated rings. The van der Waals surface area contributed by atoms with E-state index >= 15 is 0 Å². The molecule has 3 rings (SSSR count). The van der Waals surface area contributed by atoms with Gasteiger partial charge < -0.3 is 4.90 Å². The van der Waals surface area contributed by atoms with Crippen molar-refractivity contribution >= 4 is 16.8 Å². The van der Waals surface area contributed by atoms with Crippen LogP contribution in [-0.2, 0) is 0 Å². The molecule has 0 spiro atoms. The normalized spacial score (nSPS) is 20.6. The molecule has 1 amide bonds. The number of nitriles is 1. The summed E-state index contributed by atoms with van der Waals surface area (Å²) in [6, 6.07) is 11.3. The average molecular weight is 293 g/mol. The van der Waals surface area contributed by atoms with E-state index in [1.807, 2.05) is 24.3 Å². The van der Waals surface area contributed by atoms with Crippen LogP contribution < -0.4 is 0 Å². The number of carbonyl (C=O) groups is 1. The number of likely N-dealkylation sites (tertiary alicyclic amines) is 1. The summed E-state index contributed by atoms with van der Waals surface area (Å²) < 4.78 is 0. The molecule has 0 radical (unpaired) electrons. The highest BCUT2D eigenvalue weighted by Crippen LogP contribution is 2.35. The van der Waals surface area contributed by atoms with Crippen molar-refractivity contribution in [3.8, 4) is 6.07 Å². The molecular formula is C18H19N3O. The molecule has 1 aromatic carbocycles. The van der Waals surface area contributed by atoms with E-state index in [4.69, 9.17) is 0 Å². The van der Waals surface area contributed by atoms with Crippen molar-refractivity contribution in [2.75, 3.05) is 6.54 Å². The lowest BCUT2D eigenvalue weighted by Crippen LogP contribution is -2.51. The number of nitrogens with zero attached hydrogens (tertiary/aromatic N) is 3. The van der Waals surface area contributed by atoms with Gasteiger partial charge in [0.25, 0.3) is 5.91 Å². The molecule has 1 aromatic heterocycles. The van der Waals surface area contributed by atoms with Gasteiger partial charge in [0, 0.05) is 23.7 Å². The Morgan fingerprint density at radius 1 is 1.41 bits per heavy atom. The molecule has 1 saturated heterocycles. The smallest absolute Gasteiger partial charge is 0.254 e. The third-order valence-corrected chi connectivity index (χ3v) is 4.51. The number of pyridine rings is 1. The number of aromatic nitrogens is 1. The number of hydrogen-bond donors (Lipinski definition) is 0. The highest BCUT2D eigenvalue weighted by molar-refractivity contribution is 5.98. The maximum absolute atomic E-state index is 12.9. The van der Waals surface area contributed by atoms with Gasteiger partial charge in [-0.05, 0) is 42.5 Å². The third-order valence-electron chi connectivity index (χ3n) is 4.51. The first kappa shape index (κ1) is 14.5. The Labute approximate surface area is 130 Å². The summed E-state index contributed by atoms with van der Waals surface area (Å²) in [4.78, 5) is 18.8. The predicted octanol–water partition coefficient (Wildman–Crippen LogP) is 3.39. The molecule has 2 aromatic rings. The van der Waals surface area contributed by atoms with Gasteiger partial charge in [-0.25, -0.2) is 0 Å². The fourth-order valence-corrected chi connectivity index (χ4v) is 3.23. The summed E-state index contributed by atoms with van der Waals surface area (Å²) in [5.74, 6) is -0.0647. The van der Waals surface area contributed by atoms with Crippen LogP contribution in [0.5, 0.6) is 0 Å². The molecule has 0 saturated carbocycles. The standard InChI is InChI=1S/C18H19N3O/c1-18(2)8-4-10-21(16(18)12-19)17(22)14-6-7-15-13(11-14)5-3-9-20-15/h3,5-7,9,11,16H,4,8,10H2,1-2H3/t16-/m1/s1. The van der Waals surface area contributed by atoms with Gasteiger partial charge in [0.1, 0.15) is 6.04 Å². The summed E-state index contributed by atoms with van der Waals surface area (Å²) >= 11 is 0. The number of piperidine rings is 1. The van der Waals surface area contributed by atoms with Crippen molar-refractivity contribution in [2.45, 2.75) is 32.7 Å². The van der Waals surface area contributed by atoms with Crippen LogP contribution in [0.3, 0.4) is 0 Å². The lowest BCUT2D eigenvalue weighted by atomic mass is 9.77. The van der Waals surface area contributed by atoms with E-state index in [1.165, 1.54) is 0 Å². The Morgan fingerprint density at radius 3 is 3.00 bits per heavy atom. The highest BCUT2D eigenvalue weighted by atomic mass is 16.2. The first-order chi connectivity index (χ1) is 10.5. The van der Waals surface area contributed by atoms with Crippen LogP contribution in [0, 0.1) is 16.7 Å². The van der Waals surface area contributed by atoms with Gasteiger partial charge in [0.05, 0.1) is 11.6 Å². The summed E-state index contributed by atoms with van der Waals surface area (Å²) in [5, 5.41) is 10.5. The average Bonchev–Trinajstić information content (AvgIpc) is 2.52. The molecular weight excluding hydrogens is 274 g/mol. The van der Waals surface area contributed by atoms with Gasteiger partial charge in [-0.15, -0.1) is 0 Å². The molecule has 1 atom stereocenters. The van der Waals surface area contributed by atoms with E-state index in [0.29, 0.717) is 12.1 Å². The first-order valence-corrected chi connectivity index (χ1v) is 7.58. The van der Waals surface area contributed by atoms with Crippen LogP contribution in [0.4, 0.5) is 0 Å². The minimum atomic E-state index is -0.377. The summed E-state index contributed by atoms with van der Waals surface area (Å²) in [6.07, 6.45) is 3.64. The van der Waals surface area contributed by atoms with E-state index in [2.05, 4.69) is 24.9 Å². The number of fused-ring (bicyclic) bond motifs is 1. The van der Waals surface area contributed by atoms with E-state index in [1.54, 1.807) is 17.2 Å². The van der Waals surface area contributed by atoms with Gasteiger partial charge in [-0.3, -0.25) is 9.78 Å². The molecule has 0 aliphatic carbocycles. The number of rotatable bonds is 1. The van der Waals surface area contributed by atoms with Gasteiger partial charge in [0.15, 0.2) is 0 Å². The Kier molecular flexibility index (Phi) is 3.58. The number of hydrogen-bond acceptors (Lipinski definition) is 3. The van der Waals surface area contributed by atoms with Crippen LogP contribution >= 0.6 is 0 Å². The molecule has 0 bridgehead atoms. The lowest BCUT2D eigenvalue weighted by molar-refractivity contribution is 0.0438.